The molecule has 0 amide bonds. The Morgan fingerprint density at radius 3 is 2.26 bits per heavy atom. The number of anilines is 3. The molecule has 1 aromatic carbocycles. The van der Waals surface area contributed by atoms with Crippen molar-refractivity contribution >= 4 is 17.5 Å². The molecule has 0 bridgehead atoms. The van der Waals surface area contributed by atoms with E-state index in [0.717, 1.165) is 23.7 Å². The number of rotatable bonds is 7. The molecule has 0 saturated carbocycles. The highest BCUT2D eigenvalue weighted by Crippen LogP contribution is 2.25. The Hall–Kier alpha value is -2.10. The Morgan fingerprint density at radius 2 is 1.61 bits per heavy atom. The Labute approximate surface area is 139 Å². The molecule has 0 atom stereocenters. The van der Waals surface area contributed by atoms with Crippen LogP contribution in [0.15, 0.2) is 18.2 Å². The van der Waals surface area contributed by atoms with Crippen LogP contribution in [0.2, 0.25) is 0 Å². The second kappa shape index (κ2) is 7.95. The number of aryl methyl sites for hydroxylation is 4. The van der Waals surface area contributed by atoms with Crippen LogP contribution in [0, 0.1) is 27.7 Å². The Bertz CT molecular complexity index is 641. The summed E-state index contributed by atoms with van der Waals surface area (Å²) in [6, 6.07) is 6.34. The molecule has 124 valence electrons. The summed E-state index contributed by atoms with van der Waals surface area (Å²) < 4.78 is 0. The molecule has 4 heteroatoms. The van der Waals surface area contributed by atoms with Gasteiger partial charge in [-0.25, -0.2) is 4.98 Å². The molecule has 0 unspecified atom stereocenters. The molecule has 0 aliphatic rings. The summed E-state index contributed by atoms with van der Waals surface area (Å²) in [7, 11) is 0. The number of nitrogens with zero attached hydrogens (tertiary/aromatic N) is 2. The van der Waals surface area contributed by atoms with Crippen LogP contribution in [0.25, 0.3) is 0 Å². The third kappa shape index (κ3) is 4.95. The van der Waals surface area contributed by atoms with E-state index in [-0.39, 0.29) is 0 Å². The fraction of sp³-hybridized carbons (Fsp3) is 0.474. The third-order valence-electron chi connectivity index (χ3n) is 3.85. The Kier molecular flexibility index (Phi) is 5.97. The SMILES string of the molecule is CCCCCNc1cc(C)nc(Nc2c(C)cc(C)cc2C)n1. The predicted molar refractivity (Wildman–Crippen MR) is 98.7 cm³/mol. The van der Waals surface area contributed by atoms with Crippen LogP contribution in [-0.2, 0) is 0 Å². The molecule has 0 radical (unpaired) electrons. The largest absolute Gasteiger partial charge is 0.370 e. The van der Waals surface area contributed by atoms with Crippen LogP contribution < -0.4 is 10.6 Å². The van der Waals surface area contributed by atoms with E-state index in [0.29, 0.717) is 5.95 Å². The molecule has 0 spiro atoms. The normalized spacial score (nSPS) is 10.7. The molecule has 2 rings (SSSR count). The van der Waals surface area contributed by atoms with Crippen molar-refractivity contribution in [3.05, 3.63) is 40.6 Å². The van der Waals surface area contributed by atoms with Crippen molar-refractivity contribution < 1.29 is 0 Å². The smallest absolute Gasteiger partial charge is 0.229 e. The fourth-order valence-corrected chi connectivity index (χ4v) is 2.80. The molecule has 23 heavy (non-hydrogen) atoms. The molecule has 4 nitrogen and oxygen atoms in total. The predicted octanol–water partition coefficient (Wildman–Crippen LogP) is 5.06. The van der Waals surface area contributed by atoms with Crippen LogP contribution in [0.3, 0.4) is 0 Å². The zero-order chi connectivity index (χ0) is 16.8. The van der Waals surface area contributed by atoms with E-state index in [9.17, 15) is 0 Å². The fourth-order valence-electron chi connectivity index (χ4n) is 2.80. The van der Waals surface area contributed by atoms with Gasteiger partial charge >= 0.3 is 0 Å². The summed E-state index contributed by atoms with van der Waals surface area (Å²) in [6.45, 7) is 11.5. The van der Waals surface area contributed by atoms with Gasteiger partial charge in [0.05, 0.1) is 0 Å². The first-order valence-electron chi connectivity index (χ1n) is 8.44. The molecule has 0 aliphatic carbocycles. The van der Waals surface area contributed by atoms with Crippen molar-refractivity contribution in [1.29, 1.82) is 0 Å². The first-order chi connectivity index (χ1) is 11.0. The number of benzene rings is 1. The second-order valence-corrected chi connectivity index (χ2v) is 6.25. The highest BCUT2D eigenvalue weighted by Gasteiger charge is 2.07. The van der Waals surface area contributed by atoms with Crippen LogP contribution in [0.1, 0.15) is 48.6 Å². The van der Waals surface area contributed by atoms with Crippen LogP contribution in [0.5, 0.6) is 0 Å². The van der Waals surface area contributed by atoms with Crippen molar-refractivity contribution in [2.75, 3.05) is 17.2 Å². The maximum absolute atomic E-state index is 4.60. The maximum atomic E-state index is 4.60. The van der Waals surface area contributed by atoms with Crippen LogP contribution in [-0.4, -0.2) is 16.5 Å². The van der Waals surface area contributed by atoms with Gasteiger partial charge in [-0.1, -0.05) is 37.5 Å². The topological polar surface area (TPSA) is 49.8 Å². The number of aromatic nitrogens is 2. The van der Waals surface area contributed by atoms with Gasteiger partial charge in [-0.3, -0.25) is 0 Å². The summed E-state index contributed by atoms with van der Waals surface area (Å²) in [5, 5.41) is 6.78. The van der Waals surface area contributed by atoms with Gasteiger partial charge in [0.15, 0.2) is 0 Å². The van der Waals surface area contributed by atoms with E-state index in [2.05, 4.69) is 60.4 Å². The van der Waals surface area contributed by atoms with Gasteiger partial charge in [-0.2, -0.15) is 4.98 Å². The molecular formula is C19H28N4. The zero-order valence-corrected chi connectivity index (χ0v) is 15.0. The van der Waals surface area contributed by atoms with Gasteiger partial charge in [-0.15, -0.1) is 0 Å². The zero-order valence-electron chi connectivity index (χ0n) is 15.0. The van der Waals surface area contributed by atoms with Crippen molar-refractivity contribution in [2.24, 2.45) is 0 Å². The van der Waals surface area contributed by atoms with Gasteiger partial charge in [-0.05, 0) is 45.2 Å². The number of nitrogens with one attached hydrogen (secondary N) is 2. The minimum absolute atomic E-state index is 0.651. The highest BCUT2D eigenvalue weighted by atomic mass is 15.1. The summed E-state index contributed by atoms with van der Waals surface area (Å²) in [6.07, 6.45) is 3.63. The van der Waals surface area contributed by atoms with Gasteiger partial charge in [0, 0.05) is 24.0 Å². The first kappa shape index (κ1) is 17.3. The third-order valence-corrected chi connectivity index (χ3v) is 3.85. The molecule has 1 heterocycles. The standard InChI is InChI=1S/C19H28N4/c1-6-7-8-9-20-17-12-16(5)21-19(22-17)23-18-14(3)10-13(2)11-15(18)4/h10-12H,6-9H2,1-5H3,(H2,20,21,22,23). The lowest BCUT2D eigenvalue weighted by atomic mass is 10.1. The molecule has 2 N–H and O–H groups in total. The van der Waals surface area contributed by atoms with E-state index in [1.54, 1.807) is 0 Å². The van der Waals surface area contributed by atoms with Gasteiger partial charge in [0.2, 0.25) is 5.95 Å². The minimum Gasteiger partial charge on any atom is -0.370 e. The molecule has 1 aromatic heterocycles. The Morgan fingerprint density at radius 1 is 0.913 bits per heavy atom. The number of hydrogen-bond acceptors (Lipinski definition) is 4. The van der Waals surface area contributed by atoms with Crippen molar-refractivity contribution in [3.8, 4) is 0 Å². The molecule has 2 aromatic rings. The molecule has 0 aliphatic heterocycles. The van der Waals surface area contributed by atoms with Crippen LogP contribution >= 0.6 is 0 Å². The monoisotopic (exact) mass is 312 g/mol. The van der Waals surface area contributed by atoms with Gasteiger partial charge < -0.3 is 10.6 Å². The van der Waals surface area contributed by atoms with E-state index in [1.807, 2.05) is 13.0 Å². The van der Waals surface area contributed by atoms with Crippen molar-refractivity contribution in [1.82, 2.24) is 9.97 Å². The van der Waals surface area contributed by atoms with E-state index in [4.69, 9.17) is 0 Å². The second-order valence-electron chi connectivity index (χ2n) is 6.25. The lowest BCUT2D eigenvalue weighted by molar-refractivity contribution is 0.742. The molecule has 0 saturated heterocycles. The number of unbranched alkanes of at least 4 members (excludes halogenated alkanes) is 2. The van der Waals surface area contributed by atoms with Gasteiger partial charge in [0.25, 0.3) is 0 Å². The summed E-state index contributed by atoms with van der Waals surface area (Å²) in [5.74, 6) is 1.54. The molecule has 0 fully saturated rings. The van der Waals surface area contributed by atoms with Gasteiger partial charge in [0.1, 0.15) is 5.82 Å². The summed E-state index contributed by atoms with van der Waals surface area (Å²) >= 11 is 0. The Balaban J connectivity index is 2.15. The van der Waals surface area contributed by atoms with E-state index in [1.165, 1.54) is 36.0 Å². The lowest BCUT2D eigenvalue weighted by Crippen LogP contribution is -2.07. The van der Waals surface area contributed by atoms with Crippen LogP contribution in [0.4, 0.5) is 17.5 Å². The quantitative estimate of drug-likeness (QED) is 0.702. The summed E-state index contributed by atoms with van der Waals surface area (Å²) in [5.41, 5.74) is 5.75. The lowest BCUT2D eigenvalue weighted by Gasteiger charge is -2.14. The van der Waals surface area contributed by atoms with E-state index < -0.39 is 0 Å². The first-order valence-corrected chi connectivity index (χ1v) is 8.44. The summed E-state index contributed by atoms with van der Waals surface area (Å²) in [4.78, 5) is 9.11. The average Bonchev–Trinajstić information content (AvgIpc) is 2.47. The maximum Gasteiger partial charge on any atom is 0.229 e. The minimum atomic E-state index is 0.651. The van der Waals surface area contributed by atoms with E-state index >= 15 is 0 Å². The average molecular weight is 312 g/mol. The van der Waals surface area contributed by atoms with Crippen molar-refractivity contribution in [3.63, 3.8) is 0 Å². The van der Waals surface area contributed by atoms with Crippen molar-refractivity contribution in [2.45, 2.75) is 53.9 Å². The number of hydrogen-bond donors (Lipinski definition) is 2. The highest BCUT2D eigenvalue weighted by molar-refractivity contribution is 5.64. The molecular weight excluding hydrogens is 284 g/mol.